The van der Waals surface area contributed by atoms with Crippen molar-refractivity contribution in [3.63, 3.8) is 0 Å². The molecule has 10 heteroatoms. The molecule has 0 heterocycles. The van der Waals surface area contributed by atoms with Crippen molar-refractivity contribution in [3.8, 4) is 0 Å². The van der Waals surface area contributed by atoms with E-state index < -0.39 is 28.5 Å². The predicted octanol–water partition coefficient (Wildman–Crippen LogP) is 6.08. The average Bonchev–Trinajstić information content (AvgIpc) is 2.93. The maximum Gasteiger partial charge on any atom is 0.264 e. The van der Waals surface area contributed by atoms with E-state index in [1.54, 1.807) is 54.6 Å². The zero-order valence-corrected chi connectivity index (χ0v) is 25.4. The molecule has 7 nitrogen and oxygen atoms in total. The van der Waals surface area contributed by atoms with Gasteiger partial charge in [0.2, 0.25) is 11.8 Å². The van der Waals surface area contributed by atoms with Gasteiger partial charge in [0.05, 0.1) is 10.6 Å². The van der Waals surface area contributed by atoms with Crippen LogP contribution in [0.25, 0.3) is 0 Å². The number of hydrogen-bond acceptors (Lipinski definition) is 4. The summed E-state index contributed by atoms with van der Waals surface area (Å²) in [4.78, 5) is 28.8. The van der Waals surface area contributed by atoms with Crippen LogP contribution in [0.3, 0.4) is 0 Å². The molecular formula is C30H35Cl2N3O4S. The standard InChI is InChI=1S/C30H35Cl2N3O4S/c1-5-28(30(37)33-18-21(2)3)34(19-23-12-14-24(31)15-13-23)29(36)20-35(25-16-11-22(4)27(32)17-25)40(38,39)26-9-7-6-8-10-26/h6-17,21,28H,5,18-20H2,1-4H3,(H,33,37)/t28-/m0/s1. The van der Waals surface area contributed by atoms with Gasteiger partial charge in [-0.15, -0.1) is 0 Å². The van der Waals surface area contributed by atoms with Gasteiger partial charge in [-0.05, 0) is 66.8 Å². The van der Waals surface area contributed by atoms with Crippen LogP contribution in [-0.4, -0.2) is 44.3 Å². The normalized spacial score (nSPS) is 12.2. The minimum absolute atomic E-state index is 0.0328. The van der Waals surface area contributed by atoms with Gasteiger partial charge in [0.15, 0.2) is 0 Å². The van der Waals surface area contributed by atoms with E-state index in [-0.39, 0.29) is 29.0 Å². The van der Waals surface area contributed by atoms with Crippen LogP contribution in [0.2, 0.25) is 10.0 Å². The van der Waals surface area contributed by atoms with Gasteiger partial charge in [0.1, 0.15) is 12.6 Å². The molecule has 0 saturated carbocycles. The molecule has 3 aromatic carbocycles. The van der Waals surface area contributed by atoms with E-state index in [1.807, 2.05) is 27.7 Å². The fourth-order valence-corrected chi connectivity index (χ4v) is 5.84. The van der Waals surface area contributed by atoms with Gasteiger partial charge in [-0.25, -0.2) is 8.42 Å². The number of hydrogen-bond donors (Lipinski definition) is 1. The number of aryl methyl sites for hydroxylation is 1. The lowest BCUT2D eigenvalue weighted by Gasteiger charge is -2.33. The first-order chi connectivity index (χ1) is 18.9. The third-order valence-corrected chi connectivity index (χ3v) is 8.84. The Labute approximate surface area is 247 Å². The Bertz CT molecular complexity index is 1410. The lowest BCUT2D eigenvalue weighted by Crippen LogP contribution is -2.52. The summed E-state index contributed by atoms with van der Waals surface area (Å²) in [6.45, 7) is 7.61. The molecule has 0 spiro atoms. The second-order valence-electron chi connectivity index (χ2n) is 9.97. The molecule has 0 fully saturated rings. The minimum atomic E-state index is -4.16. The highest BCUT2D eigenvalue weighted by Crippen LogP contribution is 2.28. The molecule has 0 aliphatic carbocycles. The highest BCUT2D eigenvalue weighted by atomic mass is 35.5. The Morgan fingerprint density at radius 2 is 1.60 bits per heavy atom. The Morgan fingerprint density at radius 3 is 2.17 bits per heavy atom. The Kier molecular flexibility index (Phi) is 11.0. The van der Waals surface area contributed by atoms with E-state index in [2.05, 4.69) is 5.32 Å². The zero-order valence-electron chi connectivity index (χ0n) is 23.1. The van der Waals surface area contributed by atoms with Crippen molar-refractivity contribution >= 4 is 50.7 Å². The lowest BCUT2D eigenvalue weighted by atomic mass is 10.1. The van der Waals surface area contributed by atoms with E-state index in [1.165, 1.54) is 23.1 Å². The SMILES string of the molecule is CC[C@@H](C(=O)NCC(C)C)N(Cc1ccc(Cl)cc1)C(=O)CN(c1ccc(C)c(Cl)c1)S(=O)(=O)c1ccccc1. The number of rotatable bonds is 12. The van der Waals surface area contributed by atoms with Crippen molar-refractivity contribution in [1.29, 1.82) is 0 Å². The van der Waals surface area contributed by atoms with Crippen molar-refractivity contribution in [2.45, 2.75) is 51.6 Å². The van der Waals surface area contributed by atoms with E-state index in [4.69, 9.17) is 23.2 Å². The lowest BCUT2D eigenvalue weighted by molar-refractivity contribution is -0.140. The molecule has 0 bridgehead atoms. The van der Waals surface area contributed by atoms with Gasteiger partial charge in [0, 0.05) is 23.1 Å². The first kappa shape index (κ1) is 31.5. The monoisotopic (exact) mass is 603 g/mol. The summed E-state index contributed by atoms with van der Waals surface area (Å²) >= 11 is 12.4. The van der Waals surface area contributed by atoms with Gasteiger partial charge in [-0.3, -0.25) is 13.9 Å². The van der Waals surface area contributed by atoms with Crippen LogP contribution in [0.4, 0.5) is 5.69 Å². The van der Waals surface area contributed by atoms with Crippen LogP contribution in [0.1, 0.15) is 38.3 Å². The van der Waals surface area contributed by atoms with Crippen molar-refractivity contribution in [2.75, 3.05) is 17.4 Å². The van der Waals surface area contributed by atoms with E-state index >= 15 is 0 Å². The second-order valence-corrected chi connectivity index (χ2v) is 12.7. The molecule has 0 aliphatic heterocycles. The molecule has 3 aromatic rings. The van der Waals surface area contributed by atoms with Crippen LogP contribution in [-0.2, 0) is 26.2 Å². The molecule has 1 atom stereocenters. The first-order valence-corrected chi connectivity index (χ1v) is 15.3. The number of benzene rings is 3. The number of anilines is 1. The molecule has 3 rings (SSSR count). The van der Waals surface area contributed by atoms with Gasteiger partial charge in [-0.1, -0.05) is 80.4 Å². The maximum absolute atomic E-state index is 14.1. The summed E-state index contributed by atoms with van der Waals surface area (Å²) in [6.07, 6.45) is 0.338. The number of halogens is 2. The third kappa shape index (κ3) is 7.99. The largest absolute Gasteiger partial charge is 0.354 e. The third-order valence-electron chi connectivity index (χ3n) is 6.39. The summed E-state index contributed by atoms with van der Waals surface area (Å²) in [7, 11) is -4.16. The van der Waals surface area contributed by atoms with E-state index in [0.29, 0.717) is 23.0 Å². The Morgan fingerprint density at radius 1 is 0.950 bits per heavy atom. The number of carbonyl (C=O) groups excluding carboxylic acids is 2. The van der Waals surface area contributed by atoms with Gasteiger partial charge in [-0.2, -0.15) is 0 Å². The Hall–Kier alpha value is -3.07. The molecule has 0 unspecified atom stereocenters. The molecular weight excluding hydrogens is 569 g/mol. The summed E-state index contributed by atoms with van der Waals surface area (Å²) in [6, 6.07) is 18.9. The summed E-state index contributed by atoms with van der Waals surface area (Å²) in [5, 5.41) is 3.83. The molecule has 0 aliphatic rings. The predicted molar refractivity (Wildman–Crippen MR) is 161 cm³/mol. The molecule has 40 heavy (non-hydrogen) atoms. The molecule has 0 aromatic heterocycles. The molecule has 2 amide bonds. The number of nitrogens with zero attached hydrogens (tertiary/aromatic N) is 2. The van der Waals surface area contributed by atoms with Crippen LogP contribution in [0, 0.1) is 12.8 Å². The molecule has 214 valence electrons. The summed E-state index contributed by atoms with van der Waals surface area (Å²) < 4.78 is 28.7. The van der Waals surface area contributed by atoms with Gasteiger partial charge >= 0.3 is 0 Å². The maximum atomic E-state index is 14.1. The Balaban J connectivity index is 2.05. The minimum Gasteiger partial charge on any atom is -0.354 e. The summed E-state index contributed by atoms with van der Waals surface area (Å²) in [5.41, 5.74) is 1.77. The average molecular weight is 605 g/mol. The van der Waals surface area contributed by atoms with E-state index in [9.17, 15) is 18.0 Å². The molecule has 1 N–H and O–H groups in total. The number of carbonyl (C=O) groups is 2. The van der Waals surface area contributed by atoms with Crippen LogP contribution < -0.4 is 9.62 Å². The van der Waals surface area contributed by atoms with Gasteiger partial charge in [0.25, 0.3) is 10.0 Å². The number of sulfonamides is 1. The van der Waals surface area contributed by atoms with Crippen molar-refractivity contribution in [2.24, 2.45) is 5.92 Å². The van der Waals surface area contributed by atoms with Crippen LogP contribution in [0.5, 0.6) is 0 Å². The fraction of sp³-hybridized carbons (Fsp3) is 0.333. The first-order valence-electron chi connectivity index (χ1n) is 13.1. The van der Waals surface area contributed by atoms with E-state index in [0.717, 1.165) is 15.4 Å². The quantitative estimate of drug-likeness (QED) is 0.272. The topological polar surface area (TPSA) is 86.8 Å². The zero-order chi connectivity index (χ0) is 29.4. The van der Waals surface area contributed by atoms with Crippen LogP contribution >= 0.6 is 23.2 Å². The van der Waals surface area contributed by atoms with Crippen molar-refractivity contribution in [1.82, 2.24) is 10.2 Å². The highest BCUT2D eigenvalue weighted by molar-refractivity contribution is 7.92. The van der Waals surface area contributed by atoms with Crippen molar-refractivity contribution < 1.29 is 18.0 Å². The smallest absolute Gasteiger partial charge is 0.264 e. The summed E-state index contributed by atoms with van der Waals surface area (Å²) in [5.74, 6) is -0.605. The van der Waals surface area contributed by atoms with Gasteiger partial charge < -0.3 is 10.2 Å². The molecule has 0 radical (unpaired) electrons. The fourth-order valence-electron chi connectivity index (χ4n) is 4.11. The number of nitrogens with one attached hydrogen (secondary N) is 1. The van der Waals surface area contributed by atoms with Crippen molar-refractivity contribution in [3.05, 3.63) is 94.0 Å². The molecule has 0 saturated heterocycles. The second kappa shape index (κ2) is 14.0. The number of amides is 2. The highest BCUT2D eigenvalue weighted by Gasteiger charge is 2.33. The van der Waals surface area contributed by atoms with Crippen LogP contribution in [0.15, 0.2) is 77.7 Å².